The Hall–Kier alpha value is -1.35. The SMILES string of the molecule is CCCNc1c2c(nc3c(Cl)cc(F)cc13)CCCC2. The Morgan fingerprint density at radius 1 is 1.30 bits per heavy atom. The Bertz CT molecular complexity index is 655. The Morgan fingerprint density at radius 3 is 2.90 bits per heavy atom. The molecule has 0 radical (unpaired) electrons. The summed E-state index contributed by atoms with van der Waals surface area (Å²) in [5, 5.41) is 4.66. The van der Waals surface area contributed by atoms with Gasteiger partial charge in [-0.15, -0.1) is 0 Å². The van der Waals surface area contributed by atoms with Gasteiger partial charge in [-0.05, 0) is 49.8 Å². The number of halogens is 2. The lowest BCUT2D eigenvalue weighted by Gasteiger charge is -2.22. The van der Waals surface area contributed by atoms with Crippen molar-refractivity contribution in [2.45, 2.75) is 39.0 Å². The molecule has 1 aliphatic carbocycles. The highest BCUT2D eigenvalue weighted by molar-refractivity contribution is 6.35. The fourth-order valence-corrected chi connectivity index (χ4v) is 3.15. The van der Waals surface area contributed by atoms with Crippen LogP contribution < -0.4 is 5.32 Å². The van der Waals surface area contributed by atoms with E-state index in [0.29, 0.717) is 10.5 Å². The highest BCUT2D eigenvalue weighted by Gasteiger charge is 2.19. The summed E-state index contributed by atoms with van der Waals surface area (Å²) in [6.07, 6.45) is 5.36. The van der Waals surface area contributed by atoms with Crippen molar-refractivity contribution >= 4 is 28.2 Å². The van der Waals surface area contributed by atoms with Gasteiger partial charge >= 0.3 is 0 Å². The van der Waals surface area contributed by atoms with Gasteiger partial charge in [0.15, 0.2) is 0 Å². The Kier molecular flexibility index (Phi) is 3.79. The Morgan fingerprint density at radius 2 is 2.10 bits per heavy atom. The third-order valence-corrected chi connectivity index (χ3v) is 4.12. The monoisotopic (exact) mass is 292 g/mol. The van der Waals surface area contributed by atoms with Gasteiger partial charge in [-0.2, -0.15) is 0 Å². The number of pyridine rings is 1. The van der Waals surface area contributed by atoms with E-state index in [-0.39, 0.29) is 5.82 Å². The minimum atomic E-state index is -0.306. The summed E-state index contributed by atoms with van der Waals surface area (Å²) >= 11 is 6.18. The van der Waals surface area contributed by atoms with Gasteiger partial charge in [0.25, 0.3) is 0 Å². The molecule has 1 N–H and O–H groups in total. The molecule has 0 bridgehead atoms. The van der Waals surface area contributed by atoms with Crippen LogP contribution in [-0.2, 0) is 12.8 Å². The molecule has 0 unspecified atom stereocenters. The highest BCUT2D eigenvalue weighted by atomic mass is 35.5. The summed E-state index contributed by atoms with van der Waals surface area (Å²) in [7, 11) is 0. The molecular weight excluding hydrogens is 275 g/mol. The Balaban J connectivity index is 2.27. The number of hydrogen-bond acceptors (Lipinski definition) is 2. The predicted octanol–water partition coefficient (Wildman–Crippen LogP) is 4.73. The van der Waals surface area contributed by atoms with Crippen molar-refractivity contribution in [3.05, 3.63) is 34.2 Å². The maximum Gasteiger partial charge on any atom is 0.125 e. The van der Waals surface area contributed by atoms with E-state index in [1.54, 1.807) is 6.07 Å². The number of benzene rings is 1. The first-order chi connectivity index (χ1) is 9.70. The van der Waals surface area contributed by atoms with Crippen molar-refractivity contribution in [2.24, 2.45) is 0 Å². The summed E-state index contributed by atoms with van der Waals surface area (Å²) in [6, 6.07) is 2.89. The first-order valence-electron chi connectivity index (χ1n) is 7.25. The van der Waals surface area contributed by atoms with E-state index in [2.05, 4.69) is 17.2 Å². The summed E-state index contributed by atoms with van der Waals surface area (Å²) in [4.78, 5) is 4.69. The number of rotatable bonds is 3. The lowest BCUT2D eigenvalue weighted by Crippen LogP contribution is -2.12. The van der Waals surface area contributed by atoms with Gasteiger partial charge in [-0.1, -0.05) is 18.5 Å². The quantitative estimate of drug-likeness (QED) is 0.885. The molecule has 1 aromatic carbocycles. The number of aromatic nitrogens is 1. The molecule has 0 aliphatic heterocycles. The summed E-state index contributed by atoms with van der Waals surface area (Å²) in [5.74, 6) is -0.306. The number of hydrogen-bond donors (Lipinski definition) is 1. The van der Waals surface area contributed by atoms with Crippen LogP contribution in [0.15, 0.2) is 12.1 Å². The van der Waals surface area contributed by atoms with Gasteiger partial charge in [0.2, 0.25) is 0 Å². The first-order valence-corrected chi connectivity index (χ1v) is 7.63. The van der Waals surface area contributed by atoms with Crippen LogP contribution in [-0.4, -0.2) is 11.5 Å². The van der Waals surface area contributed by atoms with Gasteiger partial charge in [-0.3, -0.25) is 4.98 Å². The van der Waals surface area contributed by atoms with Crippen LogP contribution in [0.3, 0.4) is 0 Å². The van der Waals surface area contributed by atoms with E-state index in [4.69, 9.17) is 11.6 Å². The maximum atomic E-state index is 13.7. The van der Waals surface area contributed by atoms with Gasteiger partial charge in [-0.25, -0.2) is 4.39 Å². The summed E-state index contributed by atoms with van der Waals surface area (Å²) in [6.45, 7) is 3.00. The van der Waals surface area contributed by atoms with Crippen molar-refractivity contribution in [2.75, 3.05) is 11.9 Å². The van der Waals surface area contributed by atoms with Crippen molar-refractivity contribution < 1.29 is 4.39 Å². The second kappa shape index (κ2) is 5.57. The van der Waals surface area contributed by atoms with E-state index >= 15 is 0 Å². The molecule has 0 saturated carbocycles. The van der Waals surface area contributed by atoms with E-state index in [1.165, 1.54) is 18.1 Å². The fourth-order valence-electron chi connectivity index (χ4n) is 2.90. The smallest absolute Gasteiger partial charge is 0.125 e. The minimum absolute atomic E-state index is 0.306. The molecule has 2 aromatic rings. The van der Waals surface area contributed by atoms with Crippen LogP contribution in [0.25, 0.3) is 10.9 Å². The molecule has 106 valence electrons. The third-order valence-electron chi connectivity index (χ3n) is 3.84. The average Bonchev–Trinajstić information content (AvgIpc) is 2.44. The molecular formula is C16H18ClFN2. The standard InChI is InChI=1S/C16H18ClFN2/c1-2-7-19-15-11-5-3-4-6-14(11)20-16-12(15)8-10(18)9-13(16)17/h8-9H,2-7H2,1H3,(H,19,20). The molecule has 1 aromatic heterocycles. The van der Waals surface area contributed by atoms with Crippen LogP contribution >= 0.6 is 11.6 Å². The molecule has 20 heavy (non-hydrogen) atoms. The molecule has 0 saturated heterocycles. The van der Waals surface area contributed by atoms with Crippen molar-refractivity contribution in [1.29, 1.82) is 0 Å². The van der Waals surface area contributed by atoms with Crippen LogP contribution in [0.1, 0.15) is 37.4 Å². The van der Waals surface area contributed by atoms with Crippen molar-refractivity contribution in [1.82, 2.24) is 4.98 Å². The summed E-state index contributed by atoms with van der Waals surface area (Å²) in [5.41, 5.74) is 4.12. The zero-order valence-electron chi connectivity index (χ0n) is 11.6. The molecule has 0 amide bonds. The van der Waals surface area contributed by atoms with Crippen LogP contribution in [0.4, 0.5) is 10.1 Å². The largest absolute Gasteiger partial charge is 0.384 e. The topological polar surface area (TPSA) is 24.9 Å². The molecule has 0 atom stereocenters. The average molecular weight is 293 g/mol. The Labute approximate surface area is 123 Å². The van der Waals surface area contributed by atoms with E-state index in [1.807, 2.05) is 0 Å². The molecule has 1 heterocycles. The van der Waals surface area contributed by atoms with Gasteiger partial charge in [0, 0.05) is 23.3 Å². The minimum Gasteiger partial charge on any atom is -0.384 e. The molecule has 3 rings (SSSR count). The molecule has 1 aliphatic rings. The molecule has 0 fully saturated rings. The van der Waals surface area contributed by atoms with Crippen molar-refractivity contribution in [3.63, 3.8) is 0 Å². The van der Waals surface area contributed by atoms with E-state index in [9.17, 15) is 4.39 Å². The third kappa shape index (κ3) is 2.35. The maximum absolute atomic E-state index is 13.7. The number of nitrogens with zero attached hydrogens (tertiary/aromatic N) is 1. The second-order valence-electron chi connectivity index (χ2n) is 5.33. The van der Waals surface area contributed by atoms with Gasteiger partial charge < -0.3 is 5.32 Å². The zero-order chi connectivity index (χ0) is 14.1. The number of fused-ring (bicyclic) bond motifs is 2. The molecule has 0 spiro atoms. The van der Waals surface area contributed by atoms with Crippen molar-refractivity contribution in [3.8, 4) is 0 Å². The predicted molar refractivity (Wildman–Crippen MR) is 82.1 cm³/mol. The van der Waals surface area contributed by atoms with E-state index < -0.39 is 0 Å². The first kappa shape index (κ1) is 13.6. The van der Waals surface area contributed by atoms with Crippen LogP contribution in [0.5, 0.6) is 0 Å². The normalized spacial score (nSPS) is 14.3. The zero-order valence-corrected chi connectivity index (χ0v) is 12.4. The number of aryl methyl sites for hydroxylation is 1. The fraction of sp³-hybridized carbons (Fsp3) is 0.438. The van der Waals surface area contributed by atoms with E-state index in [0.717, 1.165) is 49.0 Å². The summed E-state index contributed by atoms with van der Waals surface area (Å²) < 4.78 is 13.7. The number of nitrogens with one attached hydrogen (secondary N) is 1. The van der Waals surface area contributed by atoms with Gasteiger partial charge in [0.1, 0.15) is 5.82 Å². The van der Waals surface area contributed by atoms with Crippen LogP contribution in [0, 0.1) is 5.82 Å². The lowest BCUT2D eigenvalue weighted by atomic mass is 9.92. The highest BCUT2D eigenvalue weighted by Crippen LogP contribution is 2.36. The molecule has 2 nitrogen and oxygen atoms in total. The second-order valence-corrected chi connectivity index (χ2v) is 5.74. The van der Waals surface area contributed by atoms with Crippen LogP contribution in [0.2, 0.25) is 5.02 Å². The lowest BCUT2D eigenvalue weighted by molar-refractivity contribution is 0.629. The molecule has 4 heteroatoms. The van der Waals surface area contributed by atoms with Gasteiger partial charge in [0.05, 0.1) is 10.5 Å². The number of anilines is 1.